The van der Waals surface area contributed by atoms with Crippen molar-refractivity contribution in [2.24, 2.45) is 14.1 Å². The molecule has 0 fully saturated rings. The molecule has 0 saturated carbocycles. The molecule has 7 nitrogen and oxygen atoms in total. The highest BCUT2D eigenvalue weighted by Gasteiger charge is 2.30. The minimum atomic E-state index is -4.41. The van der Waals surface area contributed by atoms with E-state index in [2.05, 4.69) is 44.4 Å². The molecule has 0 unspecified atom stereocenters. The molecular formula is C21H23ClN2O5S. The number of hydrogen-bond donors (Lipinski definition) is 0. The van der Waals surface area contributed by atoms with Crippen molar-refractivity contribution in [3.63, 3.8) is 0 Å². The molecule has 0 aliphatic heterocycles. The molecule has 30 heavy (non-hydrogen) atoms. The van der Waals surface area contributed by atoms with Crippen LogP contribution in [-0.2, 0) is 28.7 Å². The Morgan fingerprint density at radius 2 is 1.57 bits per heavy atom. The summed E-state index contributed by atoms with van der Waals surface area (Å²) in [6.45, 7) is 4.00. The van der Waals surface area contributed by atoms with E-state index >= 15 is 0 Å². The minimum absolute atomic E-state index is 0.269. The average Bonchev–Trinajstić information content (AvgIpc) is 2.98. The normalized spacial score (nSPS) is 10.8. The Balaban J connectivity index is 0.000000469. The zero-order valence-electron chi connectivity index (χ0n) is 16.9. The van der Waals surface area contributed by atoms with Crippen LogP contribution < -0.4 is 9.42 Å². The van der Waals surface area contributed by atoms with Crippen molar-refractivity contribution >= 4 is 22.0 Å². The van der Waals surface area contributed by atoms with E-state index in [-0.39, 0.29) is 6.61 Å². The van der Waals surface area contributed by atoms with Gasteiger partial charge in [0.1, 0.15) is 6.61 Å². The second-order valence-corrected chi connectivity index (χ2v) is 7.87. The van der Waals surface area contributed by atoms with Crippen LogP contribution in [0.4, 0.5) is 0 Å². The van der Waals surface area contributed by atoms with Crippen LogP contribution in [0.5, 0.6) is 5.75 Å². The largest absolute Gasteiger partial charge is 0.726 e. The third kappa shape index (κ3) is 6.17. The van der Waals surface area contributed by atoms with Gasteiger partial charge in [-0.2, -0.15) is 4.68 Å². The molecule has 0 spiro atoms. The van der Waals surface area contributed by atoms with Gasteiger partial charge in [0.05, 0.1) is 19.7 Å². The molecule has 160 valence electrons. The number of rotatable bonds is 6. The fraction of sp³-hybridized carbons (Fsp3) is 0.190. The Morgan fingerprint density at radius 3 is 2.00 bits per heavy atom. The van der Waals surface area contributed by atoms with Crippen LogP contribution in [-0.4, -0.2) is 31.4 Å². The van der Waals surface area contributed by atoms with Gasteiger partial charge in [-0.05, 0) is 12.1 Å². The van der Waals surface area contributed by atoms with E-state index in [0.717, 1.165) is 35.4 Å². The molecule has 1 aromatic heterocycles. The molecule has 1 heterocycles. The van der Waals surface area contributed by atoms with Crippen LogP contribution in [0.2, 0.25) is 0 Å². The molecule has 0 amide bonds. The van der Waals surface area contributed by atoms with E-state index in [1.165, 1.54) is 0 Å². The quantitative estimate of drug-likeness (QED) is 0.326. The molecule has 0 radical (unpaired) electrons. The smallest absolute Gasteiger partial charge is 0.280 e. The summed E-state index contributed by atoms with van der Waals surface area (Å²) in [7, 11) is 0.446. The first-order valence-electron chi connectivity index (χ1n) is 8.83. The van der Waals surface area contributed by atoms with Crippen molar-refractivity contribution in [1.82, 2.24) is 4.68 Å². The maximum absolute atomic E-state index is 9.22. The third-order valence-electron chi connectivity index (χ3n) is 4.20. The molecule has 0 saturated heterocycles. The lowest BCUT2D eigenvalue weighted by molar-refractivity contribution is -0.740. The van der Waals surface area contributed by atoms with Gasteiger partial charge in [-0.15, -0.1) is 4.68 Å². The second-order valence-electron chi connectivity index (χ2n) is 6.19. The van der Waals surface area contributed by atoms with Crippen molar-refractivity contribution in [3.8, 4) is 28.3 Å². The Labute approximate surface area is 181 Å². The van der Waals surface area contributed by atoms with E-state index in [4.69, 9.17) is 16.3 Å². The molecule has 0 N–H and O–H groups in total. The summed E-state index contributed by atoms with van der Waals surface area (Å²) in [5.74, 6) is 0.805. The molecule has 0 atom stereocenters. The van der Waals surface area contributed by atoms with Gasteiger partial charge < -0.3 is 9.29 Å². The maximum Gasteiger partial charge on any atom is 0.280 e. The summed E-state index contributed by atoms with van der Waals surface area (Å²) in [6, 6.07) is 20.4. The van der Waals surface area contributed by atoms with Crippen LogP contribution in [0.25, 0.3) is 22.5 Å². The van der Waals surface area contributed by atoms with Crippen LogP contribution in [0.3, 0.4) is 0 Å². The SMILES string of the molecule is C=C(Cl)COc1c(-c2ccccc2)n(C)[n+](C)c1-c1ccccc1.COS(=O)(=O)[O-]. The van der Waals surface area contributed by atoms with E-state index in [1.807, 2.05) is 50.5 Å². The lowest BCUT2D eigenvalue weighted by atomic mass is 10.1. The van der Waals surface area contributed by atoms with Crippen molar-refractivity contribution in [2.45, 2.75) is 0 Å². The van der Waals surface area contributed by atoms with Gasteiger partial charge in [-0.3, -0.25) is 4.18 Å². The number of ether oxygens (including phenoxy) is 1. The highest BCUT2D eigenvalue weighted by Crippen LogP contribution is 2.37. The highest BCUT2D eigenvalue weighted by molar-refractivity contribution is 7.80. The van der Waals surface area contributed by atoms with Gasteiger partial charge >= 0.3 is 0 Å². The van der Waals surface area contributed by atoms with Gasteiger partial charge in [0.2, 0.25) is 16.1 Å². The highest BCUT2D eigenvalue weighted by atomic mass is 35.5. The van der Waals surface area contributed by atoms with E-state index < -0.39 is 10.4 Å². The standard InChI is InChI=1S/C20H20ClN2O.CH4O4S/c1-15(21)14-24-20-18(16-10-6-4-7-11-16)22(2)23(3)19(20)17-12-8-5-9-13-17;1-5-6(2,3)4/h4-13H,1,14H2,2-3H3;1H3,(H,2,3,4)/q+1;/p-1. The molecule has 3 rings (SSSR count). The van der Waals surface area contributed by atoms with Gasteiger partial charge in [0.15, 0.2) is 12.7 Å². The monoisotopic (exact) mass is 450 g/mol. The first-order chi connectivity index (χ1) is 14.2. The van der Waals surface area contributed by atoms with Gasteiger partial charge in [-0.25, -0.2) is 8.42 Å². The summed E-state index contributed by atoms with van der Waals surface area (Å²) in [5.41, 5.74) is 4.20. The second kappa shape index (κ2) is 10.4. The summed E-state index contributed by atoms with van der Waals surface area (Å²) in [4.78, 5) is 0. The van der Waals surface area contributed by atoms with E-state index in [0.29, 0.717) is 5.03 Å². The number of benzene rings is 2. The van der Waals surface area contributed by atoms with Crippen molar-refractivity contribution < 1.29 is 26.6 Å². The van der Waals surface area contributed by atoms with Gasteiger partial charge in [-0.1, -0.05) is 66.7 Å². The summed E-state index contributed by atoms with van der Waals surface area (Å²) in [5, 5.41) is 0.472. The topological polar surface area (TPSA) is 84.5 Å². The van der Waals surface area contributed by atoms with Crippen molar-refractivity contribution in [2.75, 3.05) is 13.7 Å². The number of halogens is 1. The molecule has 9 heteroatoms. The zero-order chi connectivity index (χ0) is 22.3. The first-order valence-corrected chi connectivity index (χ1v) is 10.5. The predicted octanol–water partition coefficient (Wildman–Crippen LogP) is 3.41. The Bertz CT molecular complexity index is 1030. The fourth-order valence-corrected chi connectivity index (χ4v) is 2.88. The molecule has 3 aromatic rings. The third-order valence-corrected chi connectivity index (χ3v) is 4.72. The Morgan fingerprint density at radius 1 is 1.10 bits per heavy atom. The Hall–Kier alpha value is -2.65. The van der Waals surface area contributed by atoms with Crippen molar-refractivity contribution in [3.05, 3.63) is 72.3 Å². The average molecular weight is 451 g/mol. The summed E-state index contributed by atoms with van der Waals surface area (Å²) < 4.78 is 41.3. The lowest BCUT2D eigenvalue weighted by Crippen LogP contribution is -2.39. The molecule has 2 aromatic carbocycles. The number of aromatic nitrogens is 2. The predicted molar refractivity (Wildman–Crippen MR) is 115 cm³/mol. The maximum atomic E-state index is 9.22. The van der Waals surface area contributed by atoms with Crippen LogP contribution >= 0.6 is 11.6 Å². The Kier molecular flexibility index (Phi) is 8.19. The zero-order valence-corrected chi connectivity index (χ0v) is 18.5. The minimum Gasteiger partial charge on any atom is -0.726 e. The summed E-state index contributed by atoms with van der Waals surface area (Å²) in [6.07, 6.45) is 0. The van der Waals surface area contributed by atoms with Crippen LogP contribution in [0.15, 0.2) is 72.3 Å². The van der Waals surface area contributed by atoms with Gasteiger partial charge in [0.25, 0.3) is 5.69 Å². The first kappa shape index (κ1) is 23.6. The molecule has 0 aliphatic carbocycles. The number of nitrogens with zero attached hydrogens (tertiary/aromatic N) is 2. The van der Waals surface area contributed by atoms with E-state index in [1.54, 1.807) is 0 Å². The summed E-state index contributed by atoms with van der Waals surface area (Å²) >= 11 is 5.94. The van der Waals surface area contributed by atoms with Gasteiger partial charge in [0, 0.05) is 10.6 Å². The van der Waals surface area contributed by atoms with Crippen LogP contribution in [0, 0.1) is 0 Å². The number of hydrogen-bond acceptors (Lipinski definition) is 5. The fourth-order valence-electron chi connectivity index (χ4n) is 2.82. The molecule has 0 bridgehead atoms. The molecular weight excluding hydrogens is 428 g/mol. The van der Waals surface area contributed by atoms with Crippen molar-refractivity contribution in [1.29, 1.82) is 0 Å². The molecule has 0 aliphatic rings. The van der Waals surface area contributed by atoms with E-state index in [9.17, 15) is 13.0 Å². The van der Waals surface area contributed by atoms with Crippen LogP contribution in [0.1, 0.15) is 0 Å². The lowest BCUT2D eigenvalue weighted by Gasteiger charge is -2.06.